The predicted molar refractivity (Wildman–Crippen MR) is 116 cm³/mol. The molecule has 0 heterocycles. The lowest BCUT2D eigenvalue weighted by molar-refractivity contribution is -0.132. The van der Waals surface area contributed by atoms with Crippen LogP contribution in [0.25, 0.3) is 21.9 Å². The molecule has 5 heteroatoms. The van der Waals surface area contributed by atoms with Gasteiger partial charge in [-0.15, -0.1) is 0 Å². The first-order valence-electron chi connectivity index (χ1n) is 9.13. The summed E-state index contributed by atoms with van der Waals surface area (Å²) in [6, 6.07) is 19.0. The normalized spacial score (nSPS) is 10.6. The first-order valence-corrected chi connectivity index (χ1v) is 9.13. The zero-order chi connectivity index (χ0) is 21.5. The number of carbonyl (C=O) groups excluding carboxylic acids is 2. The summed E-state index contributed by atoms with van der Waals surface area (Å²) in [4.78, 5) is 22.6. The van der Waals surface area contributed by atoms with E-state index in [1.165, 1.54) is 6.26 Å². The number of carbonyl (C=O) groups is 2. The fourth-order valence-electron chi connectivity index (χ4n) is 2.64. The van der Waals surface area contributed by atoms with Crippen molar-refractivity contribution < 1.29 is 23.8 Å². The Balaban J connectivity index is 1.71. The smallest absolute Gasteiger partial charge is 0.338 e. The quantitative estimate of drug-likeness (QED) is 0.225. The summed E-state index contributed by atoms with van der Waals surface area (Å²) in [5.74, 6) is 0.0931. The van der Waals surface area contributed by atoms with E-state index in [-0.39, 0.29) is 0 Å². The zero-order valence-corrected chi connectivity index (χ0v) is 16.5. The molecule has 30 heavy (non-hydrogen) atoms. The van der Waals surface area contributed by atoms with Crippen molar-refractivity contribution in [2.24, 2.45) is 0 Å². The Bertz CT molecular complexity index is 1140. The van der Waals surface area contributed by atoms with Crippen molar-refractivity contribution in [2.75, 3.05) is 0 Å². The average Bonchev–Trinajstić information content (AvgIpc) is 2.76. The van der Waals surface area contributed by atoms with E-state index < -0.39 is 11.9 Å². The third kappa shape index (κ3) is 5.23. The molecular weight excluding hydrogens is 380 g/mol. The lowest BCUT2D eigenvalue weighted by Crippen LogP contribution is -2.07. The summed E-state index contributed by atoms with van der Waals surface area (Å²) >= 11 is 0. The van der Waals surface area contributed by atoms with E-state index in [9.17, 15) is 9.59 Å². The number of hydrogen-bond acceptors (Lipinski definition) is 5. The minimum absolute atomic E-state index is 0.353. The molecule has 150 valence electrons. The Labute approximate surface area is 174 Å². The van der Waals surface area contributed by atoms with E-state index in [4.69, 9.17) is 14.2 Å². The Hall–Kier alpha value is -4.12. The molecule has 0 atom stereocenters. The highest BCUT2D eigenvalue weighted by molar-refractivity contribution is 5.91. The number of hydrogen-bond donors (Lipinski definition) is 0. The van der Waals surface area contributed by atoms with Crippen LogP contribution in [0.2, 0.25) is 0 Å². The van der Waals surface area contributed by atoms with Gasteiger partial charge in [-0.05, 0) is 59.2 Å². The van der Waals surface area contributed by atoms with E-state index in [2.05, 4.69) is 19.2 Å². The third-order valence-corrected chi connectivity index (χ3v) is 4.17. The van der Waals surface area contributed by atoms with Crippen LogP contribution in [0, 0.1) is 0 Å². The van der Waals surface area contributed by atoms with Crippen LogP contribution in [0.3, 0.4) is 0 Å². The van der Waals surface area contributed by atoms with Gasteiger partial charge in [-0.1, -0.05) is 43.5 Å². The molecule has 0 unspecified atom stereocenters. The molecule has 0 saturated heterocycles. The Kier molecular flexibility index (Phi) is 6.45. The molecular formula is C25H20O5. The van der Waals surface area contributed by atoms with Gasteiger partial charge in [-0.25, -0.2) is 9.59 Å². The standard InChI is InChI=1S/C25H20O5/c1-4-24(26)29-14-13-28-22-10-7-18(8-11-22)19-5-6-21-16-23(12-9-20(21)15-19)30-25(27)17(2)3/h4-16H,1-2H2,3H3/b14-13-. The highest BCUT2D eigenvalue weighted by atomic mass is 16.5. The van der Waals surface area contributed by atoms with E-state index in [1.54, 1.807) is 13.0 Å². The summed E-state index contributed by atoms with van der Waals surface area (Å²) in [5.41, 5.74) is 2.41. The number of fused-ring (bicyclic) bond motifs is 1. The highest BCUT2D eigenvalue weighted by Crippen LogP contribution is 2.28. The minimum atomic E-state index is -0.553. The van der Waals surface area contributed by atoms with Crippen molar-refractivity contribution in [1.82, 2.24) is 0 Å². The minimum Gasteiger partial charge on any atom is -0.462 e. The van der Waals surface area contributed by atoms with Crippen LogP contribution in [-0.4, -0.2) is 11.9 Å². The number of rotatable bonds is 7. The average molecular weight is 400 g/mol. The van der Waals surface area contributed by atoms with Crippen molar-refractivity contribution in [3.05, 3.63) is 98.0 Å². The van der Waals surface area contributed by atoms with Gasteiger partial charge in [0.05, 0.1) is 0 Å². The molecule has 5 nitrogen and oxygen atoms in total. The van der Waals surface area contributed by atoms with Crippen LogP contribution < -0.4 is 9.47 Å². The topological polar surface area (TPSA) is 61.8 Å². The van der Waals surface area contributed by atoms with E-state index in [0.717, 1.165) is 34.2 Å². The number of ether oxygens (including phenoxy) is 3. The number of benzene rings is 3. The Morgan fingerprint density at radius 2 is 1.47 bits per heavy atom. The summed E-state index contributed by atoms with van der Waals surface area (Å²) in [6.45, 7) is 8.50. The maximum atomic E-state index is 11.7. The van der Waals surface area contributed by atoms with Crippen LogP contribution >= 0.6 is 0 Å². The van der Waals surface area contributed by atoms with Gasteiger partial charge >= 0.3 is 11.9 Å². The van der Waals surface area contributed by atoms with Gasteiger partial charge in [0, 0.05) is 11.6 Å². The summed E-state index contributed by atoms with van der Waals surface area (Å²) in [7, 11) is 0. The van der Waals surface area contributed by atoms with Crippen LogP contribution in [0.4, 0.5) is 0 Å². The summed E-state index contributed by atoms with van der Waals surface area (Å²) in [5, 5.41) is 1.99. The third-order valence-electron chi connectivity index (χ3n) is 4.17. The molecule has 0 spiro atoms. The van der Waals surface area contributed by atoms with E-state index in [1.807, 2.05) is 48.5 Å². The molecule has 0 amide bonds. The van der Waals surface area contributed by atoms with Gasteiger partial charge in [0.2, 0.25) is 0 Å². The van der Waals surface area contributed by atoms with Crippen LogP contribution in [-0.2, 0) is 14.3 Å². The van der Waals surface area contributed by atoms with Gasteiger partial charge in [-0.2, -0.15) is 0 Å². The number of esters is 2. The largest absolute Gasteiger partial charge is 0.462 e. The molecule has 0 N–H and O–H groups in total. The van der Waals surface area contributed by atoms with Crippen molar-refractivity contribution in [2.45, 2.75) is 6.92 Å². The predicted octanol–water partition coefficient (Wildman–Crippen LogP) is 5.57. The maximum Gasteiger partial charge on any atom is 0.338 e. The molecule has 0 fully saturated rings. The SMILES string of the molecule is C=CC(=O)O/C=C\Oc1ccc(-c2ccc3cc(OC(=O)C(=C)C)ccc3c2)cc1. The van der Waals surface area contributed by atoms with Gasteiger partial charge in [0.1, 0.15) is 24.0 Å². The molecule has 0 bridgehead atoms. The first kappa shape index (κ1) is 20.6. The Morgan fingerprint density at radius 1 is 0.833 bits per heavy atom. The molecule has 0 aromatic heterocycles. The molecule has 0 aliphatic heterocycles. The molecule has 3 aromatic carbocycles. The van der Waals surface area contributed by atoms with Crippen LogP contribution in [0.1, 0.15) is 6.92 Å². The molecule has 0 radical (unpaired) electrons. The van der Waals surface area contributed by atoms with Crippen molar-refractivity contribution in [3.63, 3.8) is 0 Å². The highest BCUT2D eigenvalue weighted by Gasteiger charge is 2.07. The lowest BCUT2D eigenvalue weighted by atomic mass is 10.0. The lowest BCUT2D eigenvalue weighted by Gasteiger charge is -2.08. The van der Waals surface area contributed by atoms with Crippen molar-refractivity contribution >= 4 is 22.7 Å². The van der Waals surface area contributed by atoms with Gasteiger partial charge in [0.15, 0.2) is 0 Å². The molecule has 0 saturated carbocycles. The van der Waals surface area contributed by atoms with E-state index in [0.29, 0.717) is 17.1 Å². The van der Waals surface area contributed by atoms with Crippen molar-refractivity contribution in [1.29, 1.82) is 0 Å². The fraction of sp³-hybridized carbons (Fsp3) is 0.0400. The molecule has 3 aromatic rings. The van der Waals surface area contributed by atoms with E-state index >= 15 is 0 Å². The first-order chi connectivity index (χ1) is 14.5. The molecule has 0 aliphatic carbocycles. The maximum absolute atomic E-state index is 11.7. The zero-order valence-electron chi connectivity index (χ0n) is 16.5. The second kappa shape index (κ2) is 9.39. The van der Waals surface area contributed by atoms with Gasteiger partial charge in [0.25, 0.3) is 0 Å². The fourth-order valence-corrected chi connectivity index (χ4v) is 2.64. The second-order valence-electron chi connectivity index (χ2n) is 6.45. The van der Waals surface area contributed by atoms with Crippen LogP contribution in [0.5, 0.6) is 11.5 Å². The summed E-state index contributed by atoms with van der Waals surface area (Å²) in [6.07, 6.45) is 3.51. The molecule has 3 rings (SSSR count). The monoisotopic (exact) mass is 400 g/mol. The van der Waals surface area contributed by atoms with Gasteiger partial charge in [-0.3, -0.25) is 0 Å². The second-order valence-corrected chi connectivity index (χ2v) is 6.45. The Morgan fingerprint density at radius 3 is 2.17 bits per heavy atom. The molecule has 0 aliphatic rings. The van der Waals surface area contributed by atoms with Crippen LogP contribution in [0.15, 0.2) is 98.0 Å². The summed E-state index contributed by atoms with van der Waals surface area (Å²) < 4.78 is 15.4. The van der Waals surface area contributed by atoms with Crippen molar-refractivity contribution in [3.8, 4) is 22.6 Å². The van der Waals surface area contributed by atoms with Gasteiger partial charge < -0.3 is 14.2 Å².